The second-order valence-electron chi connectivity index (χ2n) is 3.08. The van der Waals surface area contributed by atoms with Crippen molar-refractivity contribution in [3.8, 4) is 0 Å². The summed E-state index contributed by atoms with van der Waals surface area (Å²) in [5, 5.41) is 19.8. The van der Waals surface area contributed by atoms with Crippen molar-refractivity contribution >= 4 is 29.2 Å². The van der Waals surface area contributed by atoms with Gasteiger partial charge in [-0.05, 0) is 28.3 Å². The average Bonchev–Trinajstić information content (AvgIpc) is 2.67. The maximum Gasteiger partial charge on any atom is 0.215 e. The van der Waals surface area contributed by atoms with Crippen LogP contribution in [0.1, 0.15) is 5.56 Å². The third-order valence-corrected chi connectivity index (χ3v) is 3.44. The summed E-state index contributed by atoms with van der Waals surface area (Å²) in [7, 11) is 1.71. The van der Waals surface area contributed by atoms with Crippen LogP contribution in [0.4, 0.5) is 0 Å². The molecule has 0 amide bonds. The fourth-order valence-electron chi connectivity index (χ4n) is 1.10. The molecule has 2 rings (SSSR count). The lowest BCUT2D eigenvalue weighted by molar-refractivity contribution is 0.664. The summed E-state index contributed by atoms with van der Waals surface area (Å²) in [6, 6.07) is 1.59. The van der Waals surface area contributed by atoms with Gasteiger partial charge in [0, 0.05) is 18.8 Å². The Balaban J connectivity index is 2.37. The fourth-order valence-corrected chi connectivity index (χ4v) is 2.16. The Bertz CT molecular complexity index is 567. The largest absolute Gasteiger partial charge is 0.384 e. The van der Waals surface area contributed by atoms with Crippen LogP contribution in [0.2, 0.25) is 5.02 Å². The molecule has 0 spiro atoms. The lowest BCUT2D eigenvalue weighted by Gasteiger charge is -2.05. The highest BCUT2D eigenvalue weighted by Gasteiger charge is 2.13. The molecule has 0 aliphatic rings. The number of pyridine rings is 1. The molecule has 2 aromatic heterocycles. The maximum atomic E-state index is 7.38. The van der Waals surface area contributed by atoms with E-state index in [4.69, 9.17) is 22.7 Å². The molecular weight excluding hydrogens is 262 g/mol. The first-order valence-electron chi connectivity index (χ1n) is 4.48. The second kappa shape index (κ2) is 4.68. The minimum atomic E-state index is -0.102. The number of halogens is 1. The number of amidine groups is 1. The lowest BCUT2D eigenvalue weighted by atomic mass is 10.2. The molecule has 88 valence electrons. The van der Waals surface area contributed by atoms with Gasteiger partial charge in [0.1, 0.15) is 10.9 Å². The molecule has 2 heterocycles. The molecule has 17 heavy (non-hydrogen) atoms. The molecule has 0 atom stereocenters. The summed E-state index contributed by atoms with van der Waals surface area (Å²) >= 11 is 7.30. The first kappa shape index (κ1) is 11.8. The van der Waals surface area contributed by atoms with Gasteiger partial charge in [-0.25, -0.2) is 9.67 Å². The van der Waals surface area contributed by atoms with Gasteiger partial charge in [-0.2, -0.15) is 0 Å². The van der Waals surface area contributed by atoms with Crippen LogP contribution in [0.25, 0.3) is 0 Å². The maximum absolute atomic E-state index is 7.38. The number of nitrogens with one attached hydrogen (secondary N) is 1. The summed E-state index contributed by atoms with van der Waals surface area (Å²) in [6.45, 7) is 0. The number of nitrogens with zero attached hydrogens (tertiary/aromatic N) is 5. The number of nitrogen functional groups attached to an aromatic ring is 1. The smallest absolute Gasteiger partial charge is 0.215 e. The van der Waals surface area contributed by atoms with Crippen molar-refractivity contribution in [1.82, 2.24) is 25.2 Å². The van der Waals surface area contributed by atoms with E-state index in [0.717, 1.165) is 0 Å². The van der Waals surface area contributed by atoms with Gasteiger partial charge in [-0.1, -0.05) is 11.6 Å². The molecule has 7 nitrogen and oxygen atoms in total. The molecule has 0 aliphatic carbocycles. The molecule has 0 saturated heterocycles. The highest BCUT2D eigenvalue weighted by molar-refractivity contribution is 7.99. The summed E-state index contributed by atoms with van der Waals surface area (Å²) in [4.78, 5) is 4.11. The first-order chi connectivity index (χ1) is 8.09. The van der Waals surface area contributed by atoms with Gasteiger partial charge in [0.25, 0.3) is 0 Å². The fraction of sp³-hybridized carbons (Fsp3) is 0.125. The Morgan fingerprint density at radius 2 is 2.35 bits per heavy atom. The van der Waals surface area contributed by atoms with Crippen molar-refractivity contribution in [1.29, 1.82) is 5.41 Å². The van der Waals surface area contributed by atoms with Gasteiger partial charge in [0.15, 0.2) is 0 Å². The minimum absolute atomic E-state index is 0.102. The quantitative estimate of drug-likeness (QED) is 0.627. The van der Waals surface area contributed by atoms with Crippen LogP contribution in [0.15, 0.2) is 22.4 Å². The molecule has 0 radical (unpaired) electrons. The van der Waals surface area contributed by atoms with Crippen LogP contribution in [0, 0.1) is 5.41 Å². The summed E-state index contributed by atoms with van der Waals surface area (Å²) in [6.07, 6.45) is 1.54. The number of nitrogens with two attached hydrogens (primary N) is 1. The Labute approximate surface area is 106 Å². The molecule has 9 heteroatoms. The monoisotopic (exact) mass is 269 g/mol. The van der Waals surface area contributed by atoms with Crippen LogP contribution >= 0.6 is 23.4 Å². The Morgan fingerprint density at radius 1 is 1.59 bits per heavy atom. The van der Waals surface area contributed by atoms with Gasteiger partial charge in [-0.3, -0.25) is 5.41 Å². The van der Waals surface area contributed by atoms with Gasteiger partial charge < -0.3 is 5.73 Å². The third kappa shape index (κ3) is 2.37. The molecule has 0 unspecified atom stereocenters. The van der Waals surface area contributed by atoms with Crippen molar-refractivity contribution in [2.75, 3.05) is 0 Å². The van der Waals surface area contributed by atoms with Crippen LogP contribution in [0.5, 0.6) is 0 Å². The first-order valence-corrected chi connectivity index (χ1v) is 5.68. The lowest BCUT2D eigenvalue weighted by Crippen LogP contribution is -2.12. The SMILES string of the molecule is Cn1nnnc1Sc1nccc(C(=N)N)c1Cl. The van der Waals surface area contributed by atoms with E-state index in [1.807, 2.05) is 0 Å². The summed E-state index contributed by atoms with van der Waals surface area (Å²) in [5.74, 6) is -0.102. The zero-order valence-corrected chi connectivity index (χ0v) is 10.3. The normalized spacial score (nSPS) is 10.5. The van der Waals surface area contributed by atoms with E-state index in [2.05, 4.69) is 20.5 Å². The standard InChI is InChI=1S/C8H8ClN7S/c1-16-8(13-14-15-16)17-7-5(9)4(6(10)11)2-3-12-7/h2-3H,1H3,(H3,10,11). The van der Waals surface area contributed by atoms with Crippen LogP contribution < -0.4 is 5.73 Å². The van der Waals surface area contributed by atoms with Gasteiger partial charge in [-0.15, -0.1) is 5.10 Å². The van der Waals surface area contributed by atoms with E-state index in [1.54, 1.807) is 13.1 Å². The van der Waals surface area contributed by atoms with E-state index in [1.165, 1.54) is 22.6 Å². The van der Waals surface area contributed by atoms with E-state index >= 15 is 0 Å². The van der Waals surface area contributed by atoms with Crippen molar-refractivity contribution in [2.24, 2.45) is 12.8 Å². The van der Waals surface area contributed by atoms with E-state index in [0.29, 0.717) is 20.8 Å². The summed E-state index contributed by atoms with van der Waals surface area (Å²) < 4.78 is 1.50. The predicted molar refractivity (Wildman–Crippen MR) is 63.2 cm³/mol. The number of tetrazole rings is 1. The van der Waals surface area contributed by atoms with Gasteiger partial charge in [0.2, 0.25) is 5.16 Å². The van der Waals surface area contributed by atoms with Crippen molar-refractivity contribution in [3.05, 3.63) is 22.8 Å². The molecule has 0 bridgehead atoms. The third-order valence-electron chi connectivity index (χ3n) is 1.92. The number of rotatable bonds is 3. The highest BCUT2D eigenvalue weighted by atomic mass is 35.5. The summed E-state index contributed by atoms with van der Waals surface area (Å²) in [5.41, 5.74) is 5.85. The molecule has 2 aromatic rings. The van der Waals surface area contributed by atoms with E-state index < -0.39 is 0 Å². The number of hydrogen-bond acceptors (Lipinski definition) is 6. The molecule has 3 N–H and O–H groups in total. The number of aromatic nitrogens is 5. The minimum Gasteiger partial charge on any atom is -0.384 e. The van der Waals surface area contributed by atoms with Crippen molar-refractivity contribution in [2.45, 2.75) is 10.2 Å². The Kier molecular flexibility index (Phi) is 3.25. The molecule has 0 aliphatic heterocycles. The van der Waals surface area contributed by atoms with E-state index in [9.17, 15) is 0 Å². The van der Waals surface area contributed by atoms with Gasteiger partial charge in [0.05, 0.1) is 5.02 Å². The molecule has 0 saturated carbocycles. The zero-order chi connectivity index (χ0) is 12.4. The highest BCUT2D eigenvalue weighted by Crippen LogP contribution is 2.31. The Hall–Kier alpha value is -1.67. The van der Waals surface area contributed by atoms with Crippen LogP contribution in [-0.2, 0) is 7.05 Å². The predicted octanol–water partition coefficient (Wildman–Crippen LogP) is 0.694. The zero-order valence-electron chi connectivity index (χ0n) is 8.75. The van der Waals surface area contributed by atoms with Crippen molar-refractivity contribution in [3.63, 3.8) is 0 Å². The molecule has 0 aromatic carbocycles. The van der Waals surface area contributed by atoms with Gasteiger partial charge >= 0.3 is 0 Å². The average molecular weight is 270 g/mol. The van der Waals surface area contributed by atoms with E-state index in [-0.39, 0.29) is 5.84 Å². The van der Waals surface area contributed by atoms with Crippen LogP contribution in [-0.4, -0.2) is 31.0 Å². The number of hydrogen-bond donors (Lipinski definition) is 2. The Morgan fingerprint density at radius 3 is 2.94 bits per heavy atom. The molecule has 0 fully saturated rings. The topological polar surface area (TPSA) is 106 Å². The number of aryl methyl sites for hydroxylation is 1. The molecular formula is C8H8ClN7S. The second-order valence-corrected chi connectivity index (χ2v) is 4.41. The van der Waals surface area contributed by atoms with Crippen molar-refractivity contribution < 1.29 is 0 Å². The van der Waals surface area contributed by atoms with Crippen LogP contribution in [0.3, 0.4) is 0 Å².